The molecule has 1 heterocycles. The van der Waals surface area contributed by atoms with Crippen LogP contribution in [0.2, 0.25) is 10.0 Å². The van der Waals surface area contributed by atoms with Crippen LogP contribution in [-0.2, 0) is 16.6 Å². The third kappa shape index (κ3) is 5.81. The molecule has 0 unspecified atom stereocenters. The molecule has 2 amide bonds. The Hall–Kier alpha value is -3.03. The molecule has 0 atom stereocenters. The lowest BCUT2D eigenvalue weighted by molar-refractivity contribution is -0.136. The van der Waals surface area contributed by atoms with E-state index in [1.165, 1.54) is 0 Å². The van der Waals surface area contributed by atoms with Gasteiger partial charge in [-0.25, -0.2) is 9.48 Å². The van der Waals surface area contributed by atoms with Crippen LogP contribution in [-0.4, -0.2) is 26.9 Å². The van der Waals surface area contributed by atoms with E-state index in [0.717, 1.165) is 16.9 Å². The number of nitrogens with zero attached hydrogens (tertiary/aromatic N) is 2. The van der Waals surface area contributed by atoms with E-state index in [2.05, 4.69) is 15.7 Å². The highest BCUT2D eigenvalue weighted by molar-refractivity contribution is 6.44. The second kappa shape index (κ2) is 9.63. The minimum Gasteiger partial charge on any atom is -0.481 e. The predicted octanol–water partition coefficient (Wildman–Crippen LogP) is 6.14. The molecular weight excluding hydrogens is 451 g/mol. The SMILES string of the molecule is CC(C)(C)c1cc(NC(=O)Nc2cccc(Cl)c2Cl)n(-c2ccc(CCC(=O)O)cc2)n1. The first kappa shape index (κ1) is 23.6. The van der Waals surface area contributed by atoms with Crippen molar-refractivity contribution in [1.29, 1.82) is 0 Å². The third-order valence-corrected chi connectivity index (χ3v) is 5.55. The van der Waals surface area contributed by atoms with Crippen molar-refractivity contribution in [3.05, 3.63) is 69.8 Å². The number of aryl methyl sites for hydroxylation is 1. The number of carboxylic acids is 1. The maximum Gasteiger partial charge on any atom is 0.324 e. The Morgan fingerprint density at radius 2 is 1.75 bits per heavy atom. The van der Waals surface area contributed by atoms with E-state index in [1.54, 1.807) is 22.9 Å². The molecule has 1 aromatic heterocycles. The Balaban J connectivity index is 1.87. The van der Waals surface area contributed by atoms with Crippen LogP contribution in [0.15, 0.2) is 48.5 Å². The van der Waals surface area contributed by atoms with Crippen molar-refractivity contribution in [1.82, 2.24) is 9.78 Å². The Morgan fingerprint density at radius 3 is 2.38 bits per heavy atom. The highest BCUT2D eigenvalue weighted by Crippen LogP contribution is 2.30. The van der Waals surface area contributed by atoms with Crippen molar-refractivity contribution < 1.29 is 14.7 Å². The predicted molar refractivity (Wildman–Crippen MR) is 127 cm³/mol. The Kier molecular flexibility index (Phi) is 7.11. The fourth-order valence-corrected chi connectivity index (χ4v) is 3.31. The van der Waals surface area contributed by atoms with E-state index in [4.69, 9.17) is 28.3 Å². The third-order valence-electron chi connectivity index (χ3n) is 4.73. The Labute approximate surface area is 196 Å². The van der Waals surface area contributed by atoms with Crippen LogP contribution in [0.1, 0.15) is 38.4 Å². The lowest BCUT2D eigenvalue weighted by Gasteiger charge is -2.14. The van der Waals surface area contributed by atoms with Gasteiger partial charge in [0, 0.05) is 17.9 Å². The van der Waals surface area contributed by atoms with E-state index < -0.39 is 12.0 Å². The molecular formula is C23H24Cl2N4O3. The van der Waals surface area contributed by atoms with Gasteiger partial charge in [-0.2, -0.15) is 5.10 Å². The average molecular weight is 475 g/mol. The van der Waals surface area contributed by atoms with Crippen molar-refractivity contribution in [3.63, 3.8) is 0 Å². The number of halogens is 2. The van der Waals surface area contributed by atoms with E-state index in [9.17, 15) is 9.59 Å². The molecule has 0 fully saturated rings. The smallest absolute Gasteiger partial charge is 0.324 e. The fourth-order valence-electron chi connectivity index (χ4n) is 2.96. The first-order valence-electron chi connectivity index (χ1n) is 9.98. The number of hydrogen-bond donors (Lipinski definition) is 3. The van der Waals surface area contributed by atoms with E-state index in [0.29, 0.717) is 22.9 Å². The number of aromatic nitrogens is 2. The number of nitrogens with one attached hydrogen (secondary N) is 2. The van der Waals surface area contributed by atoms with Crippen LogP contribution in [0, 0.1) is 0 Å². The van der Waals surface area contributed by atoms with Gasteiger partial charge in [0.05, 0.1) is 27.1 Å². The van der Waals surface area contributed by atoms with Gasteiger partial charge in [-0.3, -0.25) is 10.1 Å². The quantitative estimate of drug-likeness (QED) is 0.399. The highest BCUT2D eigenvalue weighted by Gasteiger charge is 2.22. The van der Waals surface area contributed by atoms with Crippen LogP contribution in [0.3, 0.4) is 0 Å². The number of carbonyl (C=O) groups excluding carboxylic acids is 1. The van der Waals surface area contributed by atoms with Gasteiger partial charge in [-0.05, 0) is 36.2 Å². The normalized spacial score (nSPS) is 11.3. The summed E-state index contributed by atoms with van der Waals surface area (Å²) in [6.45, 7) is 6.10. The van der Waals surface area contributed by atoms with Crippen molar-refractivity contribution in [2.45, 2.75) is 39.0 Å². The van der Waals surface area contributed by atoms with Crippen LogP contribution in [0.4, 0.5) is 16.3 Å². The average Bonchev–Trinajstić information content (AvgIpc) is 3.14. The summed E-state index contributed by atoms with van der Waals surface area (Å²) in [5.41, 5.74) is 2.58. The molecule has 168 valence electrons. The molecule has 0 bridgehead atoms. The number of hydrogen-bond acceptors (Lipinski definition) is 3. The molecule has 0 spiro atoms. The summed E-state index contributed by atoms with van der Waals surface area (Å²) in [6, 6.07) is 13.7. The number of anilines is 2. The molecule has 3 rings (SSSR count). The molecule has 0 radical (unpaired) electrons. The summed E-state index contributed by atoms with van der Waals surface area (Å²) in [5.74, 6) is -0.364. The summed E-state index contributed by atoms with van der Waals surface area (Å²) in [5, 5.41) is 19.7. The van der Waals surface area contributed by atoms with Gasteiger partial charge >= 0.3 is 12.0 Å². The van der Waals surface area contributed by atoms with Gasteiger partial charge < -0.3 is 10.4 Å². The number of aliphatic carboxylic acids is 1. The van der Waals surface area contributed by atoms with Gasteiger partial charge in [0.2, 0.25) is 0 Å². The molecule has 0 aliphatic rings. The molecule has 2 aromatic carbocycles. The second-order valence-electron chi connectivity index (χ2n) is 8.32. The van der Waals surface area contributed by atoms with Gasteiger partial charge in [0.15, 0.2) is 0 Å². The zero-order chi connectivity index (χ0) is 23.5. The molecule has 0 aliphatic carbocycles. The Morgan fingerprint density at radius 1 is 1.06 bits per heavy atom. The van der Waals surface area contributed by atoms with Crippen LogP contribution in [0.25, 0.3) is 5.69 Å². The maximum absolute atomic E-state index is 12.7. The standard InChI is InChI=1S/C23H24Cl2N4O3/c1-23(2,3)18-13-19(27-22(32)26-17-6-4-5-16(24)21(17)25)29(28-18)15-10-7-14(8-11-15)9-12-20(30)31/h4-8,10-11,13H,9,12H2,1-3H3,(H,30,31)(H2,26,27,32). The van der Waals surface area contributed by atoms with E-state index in [1.807, 2.05) is 51.1 Å². The maximum atomic E-state index is 12.7. The number of urea groups is 1. The van der Waals surface area contributed by atoms with Gasteiger partial charge in [0.25, 0.3) is 0 Å². The monoisotopic (exact) mass is 474 g/mol. The number of rotatable bonds is 6. The van der Waals surface area contributed by atoms with Crippen molar-refractivity contribution in [2.24, 2.45) is 0 Å². The first-order chi connectivity index (χ1) is 15.0. The van der Waals surface area contributed by atoms with E-state index >= 15 is 0 Å². The molecule has 9 heteroatoms. The molecule has 7 nitrogen and oxygen atoms in total. The van der Waals surface area contributed by atoms with Crippen molar-refractivity contribution in [3.8, 4) is 5.69 Å². The van der Waals surface area contributed by atoms with Gasteiger partial charge in [-0.1, -0.05) is 62.2 Å². The zero-order valence-corrected chi connectivity index (χ0v) is 19.5. The molecule has 0 aliphatic heterocycles. The summed E-state index contributed by atoms with van der Waals surface area (Å²) in [6.07, 6.45) is 0.504. The minimum absolute atomic E-state index is 0.0638. The molecule has 0 saturated carbocycles. The molecule has 0 saturated heterocycles. The molecule has 32 heavy (non-hydrogen) atoms. The lowest BCUT2D eigenvalue weighted by atomic mass is 9.92. The highest BCUT2D eigenvalue weighted by atomic mass is 35.5. The van der Waals surface area contributed by atoms with Crippen LogP contribution >= 0.6 is 23.2 Å². The van der Waals surface area contributed by atoms with Gasteiger partial charge in [0.1, 0.15) is 5.82 Å². The van der Waals surface area contributed by atoms with Crippen LogP contribution in [0.5, 0.6) is 0 Å². The molecule has 3 N–H and O–H groups in total. The Bertz CT molecular complexity index is 1140. The van der Waals surface area contributed by atoms with Crippen molar-refractivity contribution in [2.75, 3.05) is 10.6 Å². The second-order valence-corrected chi connectivity index (χ2v) is 9.10. The fraction of sp³-hybridized carbons (Fsp3) is 0.261. The summed E-state index contributed by atoms with van der Waals surface area (Å²) >= 11 is 12.2. The largest absolute Gasteiger partial charge is 0.481 e. The summed E-state index contributed by atoms with van der Waals surface area (Å²) < 4.78 is 1.64. The first-order valence-corrected chi connectivity index (χ1v) is 10.7. The topological polar surface area (TPSA) is 96.2 Å². The lowest BCUT2D eigenvalue weighted by Crippen LogP contribution is -2.21. The van der Waals surface area contributed by atoms with Crippen molar-refractivity contribution >= 4 is 46.7 Å². The number of amides is 2. The molecule has 3 aromatic rings. The van der Waals surface area contributed by atoms with Gasteiger partial charge in [-0.15, -0.1) is 0 Å². The minimum atomic E-state index is -0.840. The summed E-state index contributed by atoms with van der Waals surface area (Å²) in [4.78, 5) is 23.5. The zero-order valence-electron chi connectivity index (χ0n) is 17.9. The number of carboxylic acid groups (broad SMARTS) is 1. The summed E-state index contributed by atoms with van der Waals surface area (Å²) in [7, 11) is 0. The number of carbonyl (C=O) groups is 2. The van der Waals surface area contributed by atoms with Crippen LogP contribution < -0.4 is 10.6 Å². The van der Waals surface area contributed by atoms with E-state index in [-0.39, 0.29) is 16.9 Å². The number of benzene rings is 2.